The van der Waals surface area contributed by atoms with Crippen LogP contribution in [-0.2, 0) is 15.8 Å². The van der Waals surface area contributed by atoms with Gasteiger partial charge >= 0.3 is 6.18 Å². The molecule has 4 rings (SSSR count). The van der Waals surface area contributed by atoms with Gasteiger partial charge in [-0.1, -0.05) is 0 Å². The molecule has 0 saturated heterocycles. The number of fused-ring (bicyclic) bond motifs is 2. The van der Waals surface area contributed by atoms with E-state index in [1.54, 1.807) is 0 Å². The third-order valence-electron chi connectivity index (χ3n) is 4.72. The number of imidazole rings is 1. The highest BCUT2D eigenvalue weighted by molar-refractivity contribution is 5.98. The average Bonchev–Trinajstić information content (AvgIpc) is 3.32. The number of rotatable bonds is 6. The van der Waals surface area contributed by atoms with Crippen LogP contribution in [0.15, 0.2) is 24.8 Å². The molecule has 0 aliphatic carbocycles. The van der Waals surface area contributed by atoms with Crippen LogP contribution in [0.5, 0.6) is 0 Å². The molecule has 13 heteroatoms. The predicted octanol–water partition coefficient (Wildman–Crippen LogP) is 2.81. The molecule has 1 atom stereocenters. The number of nitrogens with zero attached hydrogens (tertiary/aromatic N) is 4. The number of carbonyl (C=O) groups excluding carboxylic acids is 2. The van der Waals surface area contributed by atoms with E-state index in [2.05, 4.69) is 30.8 Å². The number of amides is 2. The van der Waals surface area contributed by atoms with Crippen LogP contribution in [0.3, 0.4) is 0 Å². The topological polar surface area (TPSA) is 117 Å². The van der Waals surface area contributed by atoms with Crippen molar-refractivity contribution >= 4 is 35.2 Å². The van der Waals surface area contributed by atoms with E-state index < -0.39 is 29.2 Å². The van der Waals surface area contributed by atoms with Crippen LogP contribution >= 0.6 is 0 Å². The Kier molecular flexibility index (Phi) is 4.79. The number of hydrogen-bond acceptors (Lipinski definition) is 5. The lowest BCUT2D eigenvalue weighted by Gasteiger charge is -2.20. The standard InChI is InChI=1S/C18H13F4N7O2/c1-8(24-6-30)13-16(19)15(18(20,21)22)14(9-2-26-28-17(9)13)10-4-29-5-11(25-7-31)27-12(29)3-23-10/h2-8H,1H3,(H,24,30)(H,25,31)(H,26,28). The molecule has 4 aromatic rings. The predicted molar refractivity (Wildman–Crippen MR) is 100 cm³/mol. The van der Waals surface area contributed by atoms with Gasteiger partial charge in [0.2, 0.25) is 12.8 Å². The lowest BCUT2D eigenvalue weighted by Crippen LogP contribution is -2.21. The van der Waals surface area contributed by atoms with Gasteiger partial charge in [-0.3, -0.25) is 19.7 Å². The van der Waals surface area contributed by atoms with Crippen molar-refractivity contribution in [3.63, 3.8) is 0 Å². The Balaban J connectivity index is 2.05. The van der Waals surface area contributed by atoms with E-state index in [1.165, 1.54) is 29.9 Å². The van der Waals surface area contributed by atoms with Crippen LogP contribution in [0.2, 0.25) is 0 Å². The maximum absolute atomic E-state index is 15.3. The second-order valence-corrected chi connectivity index (χ2v) is 6.57. The van der Waals surface area contributed by atoms with Crippen molar-refractivity contribution in [3.8, 4) is 11.3 Å². The zero-order chi connectivity index (χ0) is 22.3. The van der Waals surface area contributed by atoms with Gasteiger partial charge in [-0.15, -0.1) is 0 Å². The summed E-state index contributed by atoms with van der Waals surface area (Å²) in [5.74, 6) is -1.38. The van der Waals surface area contributed by atoms with Gasteiger partial charge in [0.1, 0.15) is 11.4 Å². The van der Waals surface area contributed by atoms with Crippen LogP contribution in [0, 0.1) is 5.82 Å². The quantitative estimate of drug-likeness (QED) is 0.318. The minimum atomic E-state index is -5.07. The SMILES string of the molecule is CC(NC=O)c1c(F)c(C(F)(F)F)c(-c2cn3cc(NC=O)nc3cn2)c2cn[nH]c12. The summed E-state index contributed by atoms with van der Waals surface area (Å²) in [6.45, 7) is 1.35. The van der Waals surface area contributed by atoms with Gasteiger partial charge in [0.25, 0.3) is 0 Å². The number of halogens is 4. The number of hydrogen-bond donors (Lipinski definition) is 3. The monoisotopic (exact) mass is 435 g/mol. The molecule has 160 valence electrons. The molecule has 2 amide bonds. The second-order valence-electron chi connectivity index (χ2n) is 6.57. The van der Waals surface area contributed by atoms with Crippen LogP contribution < -0.4 is 10.6 Å². The zero-order valence-corrected chi connectivity index (χ0v) is 15.7. The first-order valence-corrected chi connectivity index (χ1v) is 8.76. The smallest absolute Gasteiger partial charge is 0.352 e. The molecular weight excluding hydrogens is 422 g/mol. The Labute approximate surface area is 170 Å². The van der Waals surface area contributed by atoms with Crippen LogP contribution in [0.4, 0.5) is 23.4 Å². The molecule has 1 aromatic carbocycles. The number of carbonyl (C=O) groups is 2. The Morgan fingerprint density at radius 1 is 1.19 bits per heavy atom. The van der Waals surface area contributed by atoms with Gasteiger partial charge < -0.3 is 15.0 Å². The molecule has 0 fully saturated rings. The van der Waals surface area contributed by atoms with Gasteiger partial charge in [-0.2, -0.15) is 18.3 Å². The summed E-state index contributed by atoms with van der Waals surface area (Å²) in [5, 5.41) is 10.8. The minimum Gasteiger partial charge on any atom is -0.352 e. The van der Waals surface area contributed by atoms with E-state index in [-0.39, 0.29) is 40.0 Å². The molecule has 0 bridgehead atoms. The van der Waals surface area contributed by atoms with Crippen LogP contribution in [0.1, 0.15) is 24.1 Å². The van der Waals surface area contributed by atoms with Crippen LogP contribution in [-0.4, -0.2) is 37.4 Å². The molecule has 0 aliphatic rings. The summed E-state index contributed by atoms with van der Waals surface area (Å²) < 4.78 is 58.7. The van der Waals surface area contributed by atoms with Crippen LogP contribution in [0.25, 0.3) is 27.8 Å². The Morgan fingerprint density at radius 2 is 1.97 bits per heavy atom. The highest BCUT2D eigenvalue weighted by atomic mass is 19.4. The number of H-pyrrole nitrogens is 1. The molecule has 3 aromatic heterocycles. The van der Waals surface area contributed by atoms with Crippen molar-refractivity contribution in [3.05, 3.63) is 41.7 Å². The first-order valence-electron chi connectivity index (χ1n) is 8.76. The van der Waals surface area contributed by atoms with Crippen molar-refractivity contribution in [1.82, 2.24) is 29.9 Å². The van der Waals surface area contributed by atoms with E-state index in [4.69, 9.17) is 0 Å². The number of nitrogens with one attached hydrogen (secondary N) is 3. The lowest BCUT2D eigenvalue weighted by molar-refractivity contribution is -0.139. The second kappa shape index (κ2) is 7.34. The summed E-state index contributed by atoms with van der Waals surface area (Å²) in [7, 11) is 0. The first kappa shape index (κ1) is 20.3. The summed E-state index contributed by atoms with van der Waals surface area (Å²) in [4.78, 5) is 29.5. The molecule has 0 aliphatic heterocycles. The van der Waals surface area contributed by atoms with Gasteiger partial charge in [0.15, 0.2) is 11.5 Å². The summed E-state index contributed by atoms with van der Waals surface area (Å²) >= 11 is 0. The van der Waals surface area contributed by atoms with Crippen molar-refractivity contribution in [2.24, 2.45) is 0 Å². The van der Waals surface area contributed by atoms with Gasteiger partial charge in [-0.25, -0.2) is 9.37 Å². The van der Waals surface area contributed by atoms with E-state index in [9.17, 15) is 22.8 Å². The Morgan fingerprint density at radius 3 is 2.65 bits per heavy atom. The molecule has 0 saturated carbocycles. The molecular formula is C18H13F4N7O2. The average molecular weight is 435 g/mol. The Bertz CT molecular complexity index is 1310. The Hall–Kier alpha value is -4.03. The molecule has 0 spiro atoms. The fourth-order valence-electron chi connectivity index (χ4n) is 3.45. The van der Waals surface area contributed by atoms with Gasteiger partial charge in [-0.05, 0) is 6.92 Å². The van der Waals surface area contributed by atoms with Crippen molar-refractivity contribution in [2.75, 3.05) is 5.32 Å². The summed E-state index contributed by atoms with van der Waals surface area (Å²) in [6.07, 6.45) is 0.533. The fourth-order valence-corrected chi connectivity index (χ4v) is 3.45. The molecule has 3 N–H and O–H groups in total. The summed E-state index contributed by atoms with van der Waals surface area (Å²) in [5.41, 5.74) is -2.37. The lowest BCUT2D eigenvalue weighted by atomic mass is 9.93. The number of aromatic amines is 1. The fraction of sp³-hybridized carbons (Fsp3) is 0.167. The molecule has 9 nitrogen and oxygen atoms in total. The highest BCUT2D eigenvalue weighted by Crippen LogP contribution is 2.45. The third-order valence-corrected chi connectivity index (χ3v) is 4.72. The maximum atomic E-state index is 15.3. The molecule has 1 unspecified atom stereocenters. The normalized spacial score (nSPS) is 12.8. The van der Waals surface area contributed by atoms with E-state index >= 15 is 4.39 Å². The minimum absolute atomic E-state index is 0.00168. The number of alkyl halides is 3. The first-order chi connectivity index (χ1) is 14.8. The van der Waals surface area contributed by atoms with Gasteiger partial charge in [0, 0.05) is 22.7 Å². The maximum Gasteiger partial charge on any atom is 0.419 e. The van der Waals surface area contributed by atoms with E-state index in [0.29, 0.717) is 6.41 Å². The third kappa shape index (κ3) is 3.33. The number of aromatic nitrogens is 5. The van der Waals surface area contributed by atoms with Gasteiger partial charge in [0.05, 0.1) is 35.8 Å². The molecule has 31 heavy (non-hydrogen) atoms. The zero-order valence-electron chi connectivity index (χ0n) is 15.7. The summed E-state index contributed by atoms with van der Waals surface area (Å²) in [6, 6.07) is -1.06. The largest absolute Gasteiger partial charge is 0.419 e. The number of anilines is 1. The van der Waals surface area contributed by atoms with E-state index in [0.717, 1.165) is 6.20 Å². The highest BCUT2D eigenvalue weighted by Gasteiger charge is 2.41. The number of benzene rings is 1. The molecule has 3 heterocycles. The van der Waals surface area contributed by atoms with Crippen molar-refractivity contribution < 1.29 is 27.2 Å². The molecule has 0 radical (unpaired) electrons. The van der Waals surface area contributed by atoms with Crippen molar-refractivity contribution in [2.45, 2.75) is 19.1 Å². The van der Waals surface area contributed by atoms with Crippen molar-refractivity contribution in [1.29, 1.82) is 0 Å². The van der Waals surface area contributed by atoms with E-state index in [1.807, 2.05) is 0 Å².